The number of halogens is 1. The largest absolute Gasteiger partial charge is 0.489 e. The maximum atomic E-state index is 6.33. The zero-order valence-electron chi connectivity index (χ0n) is 14.2. The molecule has 2 aromatic rings. The molecule has 1 aromatic heterocycles. The molecule has 1 aliphatic rings. The smallest absolute Gasteiger partial charge is 0.191 e. The zero-order valence-corrected chi connectivity index (χ0v) is 15.8. The third-order valence-corrected chi connectivity index (χ3v) is 5.01. The Morgan fingerprint density at radius 3 is 2.96 bits per heavy atom. The van der Waals surface area contributed by atoms with Gasteiger partial charge in [-0.3, -0.25) is 4.99 Å². The van der Waals surface area contributed by atoms with Crippen LogP contribution in [-0.2, 0) is 13.0 Å². The quantitative estimate of drug-likeness (QED) is 0.617. The highest BCUT2D eigenvalue weighted by Gasteiger charge is 2.15. The predicted octanol–water partition coefficient (Wildman–Crippen LogP) is 3.47. The summed E-state index contributed by atoms with van der Waals surface area (Å²) in [5, 5.41) is 9.30. The summed E-state index contributed by atoms with van der Waals surface area (Å²) in [6, 6.07) is 8.09. The van der Waals surface area contributed by atoms with Crippen LogP contribution >= 0.6 is 22.9 Å². The number of thiophene rings is 1. The van der Waals surface area contributed by atoms with Crippen LogP contribution in [0.1, 0.15) is 16.9 Å². The highest BCUT2D eigenvalue weighted by molar-refractivity contribution is 7.09. The van der Waals surface area contributed by atoms with Crippen molar-refractivity contribution in [1.82, 2.24) is 10.6 Å². The summed E-state index contributed by atoms with van der Waals surface area (Å²) in [6.45, 7) is 2.72. The molecule has 1 aliphatic heterocycles. The van der Waals surface area contributed by atoms with Crippen LogP contribution in [0.4, 0.5) is 0 Å². The first kappa shape index (κ1) is 17.9. The second-order valence-electron chi connectivity index (χ2n) is 5.64. The molecule has 7 heteroatoms. The highest BCUT2D eigenvalue weighted by atomic mass is 35.5. The standard InChI is InChI=1S/C18H22ClN3O2S/c1-20-18(21-6-5-14-4-2-9-25-14)22-12-13-10-15(19)17-16(11-13)23-7-3-8-24-17/h2,4,9-11H,3,5-8,12H2,1H3,(H2,20,21,22). The van der Waals surface area contributed by atoms with Gasteiger partial charge in [-0.2, -0.15) is 0 Å². The van der Waals surface area contributed by atoms with Crippen molar-refractivity contribution < 1.29 is 9.47 Å². The Kier molecular flexibility index (Phi) is 6.42. The summed E-state index contributed by atoms with van der Waals surface area (Å²) in [7, 11) is 1.77. The lowest BCUT2D eigenvalue weighted by Gasteiger charge is -2.14. The summed E-state index contributed by atoms with van der Waals surface area (Å²) in [5.74, 6) is 2.11. The Hall–Kier alpha value is -1.92. The molecule has 0 amide bonds. The number of aliphatic imine (C=N–C) groups is 1. The van der Waals surface area contributed by atoms with E-state index in [-0.39, 0.29) is 0 Å². The van der Waals surface area contributed by atoms with Gasteiger partial charge in [0.1, 0.15) is 0 Å². The van der Waals surface area contributed by atoms with Gasteiger partial charge in [-0.15, -0.1) is 11.3 Å². The normalized spacial score (nSPS) is 14.1. The first-order valence-electron chi connectivity index (χ1n) is 8.31. The number of guanidine groups is 1. The molecule has 2 N–H and O–H groups in total. The van der Waals surface area contributed by atoms with Gasteiger partial charge in [-0.1, -0.05) is 17.7 Å². The fourth-order valence-corrected chi connectivity index (χ4v) is 3.55. The Bertz CT molecular complexity index is 719. The summed E-state index contributed by atoms with van der Waals surface area (Å²) in [5.41, 5.74) is 1.02. The third-order valence-electron chi connectivity index (χ3n) is 3.79. The van der Waals surface area contributed by atoms with E-state index in [0.717, 1.165) is 30.9 Å². The van der Waals surface area contributed by atoms with Crippen molar-refractivity contribution in [2.24, 2.45) is 4.99 Å². The van der Waals surface area contributed by atoms with E-state index in [2.05, 4.69) is 33.1 Å². The number of hydrogen-bond acceptors (Lipinski definition) is 4. The van der Waals surface area contributed by atoms with E-state index >= 15 is 0 Å². The van der Waals surface area contributed by atoms with Gasteiger partial charge in [0.15, 0.2) is 17.5 Å². The topological polar surface area (TPSA) is 54.9 Å². The molecule has 0 atom stereocenters. The second-order valence-corrected chi connectivity index (χ2v) is 7.08. The molecule has 0 unspecified atom stereocenters. The number of hydrogen-bond donors (Lipinski definition) is 2. The molecule has 0 radical (unpaired) electrons. The van der Waals surface area contributed by atoms with E-state index in [1.807, 2.05) is 12.1 Å². The van der Waals surface area contributed by atoms with Crippen LogP contribution in [0.25, 0.3) is 0 Å². The molecule has 0 saturated heterocycles. The van der Waals surface area contributed by atoms with Crippen LogP contribution in [0, 0.1) is 0 Å². The summed E-state index contributed by atoms with van der Waals surface area (Å²) in [6.07, 6.45) is 1.84. The molecule has 0 saturated carbocycles. The van der Waals surface area contributed by atoms with Crippen molar-refractivity contribution in [2.75, 3.05) is 26.8 Å². The maximum Gasteiger partial charge on any atom is 0.191 e. The second kappa shape index (κ2) is 8.97. The van der Waals surface area contributed by atoms with Gasteiger partial charge in [0.05, 0.1) is 18.2 Å². The number of fused-ring (bicyclic) bond motifs is 1. The minimum absolute atomic E-state index is 0.580. The monoisotopic (exact) mass is 379 g/mol. The Balaban J connectivity index is 1.54. The van der Waals surface area contributed by atoms with Crippen LogP contribution in [0.2, 0.25) is 5.02 Å². The number of nitrogens with one attached hydrogen (secondary N) is 2. The molecule has 0 spiro atoms. The van der Waals surface area contributed by atoms with Crippen LogP contribution in [0.3, 0.4) is 0 Å². The SMILES string of the molecule is CN=C(NCCc1cccs1)NCc1cc(Cl)c2c(c1)OCCCO2. The van der Waals surface area contributed by atoms with Gasteiger partial charge in [0, 0.05) is 31.4 Å². The third kappa shape index (κ3) is 5.03. The van der Waals surface area contributed by atoms with E-state index in [0.29, 0.717) is 36.3 Å². The number of nitrogens with zero attached hydrogens (tertiary/aromatic N) is 1. The number of benzene rings is 1. The zero-order chi connectivity index (χ0) is 17.5. The molecule has 0 fully saturated rings. The highest BCUT2D eigenvalue weighted by Crippen LogP contribution is 2.37. The van der Waals surface area contributed by atoms with Crippen molar-refractivity contribution in [1.29, 1.82) is 0 Å². The Labute approximate surface area is 157 Å². The van der Waals surface area contributed by atoms with Crippen LogP contribution < -0.4 is 20.1 Å². The Morgan fingerprint density at radius 2 is 2.16 bits per heavy atom. The van der Waals surface area contributed by atoms with Crippen molar-refractivity contribution in [3.63, 3.8) is 0 Å². The molecule has 134 valence electrons. The van der Waals surface area contributed by atoms with Gasteiger partial charge in [0.2, 0.25) is 0 Å². The van der Waals surface area contributed by atoms with E-state index in [1.165, 1.54) is 4.88 Å². The van der Waals surface area contributed by atoms with Crippen molar-refractivity contribution in [3.05, 3.63) is 45.1 Å². The van der Waals surface area contributed by atoms with Gasteiger partial charge in [-0.25, -0.2) is 0 Å². The number of rotatable bonds is 5. The molecule has 1 aromatic carbocycles. The van der Waals surface area contributed by atoms with Gasteiger partial charge >= 0.3 is 0 Å². The molecule has 3 rings (SSSR count). The fourth-order valence-electron chi connectivity index (χ4n) is 2.55. The van der Waals surface area contributed by atoms with Crippen LogP contribution in [-0.4, -0.2) is 32.8 Å². The lowest BCUT2D eigenvalue weighted by molar-refractivity contribution is 0.297. The van der Waals surface area contributed by atoms with E-state index < -0.39 is 0 Å². The molecule has 0 aliphatic carbocycles. The molecular formula is C18H22ClN3O2S. The molecule has 2 heterocycles. The average Bonchev–Trinajstić information content (AvgIpc) is 3.01. The van der Waals surface area contributed by atoms with E-state index in [4.69, 9.17) is 21.1 Å². The minimum atomic E-state index is 0.580. The van der Waals surface area contributed by atoms with Gasteiger partial charge in [-0.05, 0) is 35.6 Å². The lowest BCUT2D eigenvalue weighted by atomic mass is 10.2. The average molecular weight is 380 g/mol. The van der Waals surface area contributed by atoms with Crippen LogP contribution in [0.15, 0.2) is 34.6 Å². The minimum Gasteiger partial charge on any atom is -0.489 e. The molecule has 5 nitrogen and oxygen atoms in total. The van der Waals surface area contributed by atoms with Gasteiger partial charge in [0.25, 0.3) is 0 Å². The summed E-state index contributed by atoms with van der Waals surface area (Å²) < 4.78 is 11.4. The maximum absolute atomic E-state index is 6.33. The lowest BCUT2D eigenvalue weighted by Crippen LogP contribution is -2.37. The van der Waals surface area contributed by atoms with Gasteiger partial charge < -0.3 is 20.1 Å². The molecule has 25 heavy (non-hydrogen) atoms. The van der Waals surface area contributed by atoms with Crippen molar-refractivity contribution in [3.8, 4) is 11.5 Å². The van der Waals surface area contributed by atoms with Crippen molar-refractivity contribution in [2.45, 2.75) is 19.4 Å². The van der Waals surface area contributed by atoms with Crippen LogP contribution in [0.5, 0.6) is 11.5 Å². The van der Waals surface area contributed by atoms with Crippen molar-refractivity contribution >= 4 is 28.9 Å². The molecule has 0 bridgehead atoms. The Morgan fingerprint density at radius 1 is 1.28 bits per heavy atom. The van der Waals surface area contributed by atoms with E-state index in [9.17, 15) is 0 Å². The number of ether oxygens (including phenoxy) is 2. The van der Waals surface area contributed by atoms with E-state index in [1.54, 1.807) is 18.4 Å². The first-order chi connectivity index (χ1) is 12.3. The fraction of sp³-hybridized carbons (Fsp3) is 0.389. The first-order valence-corrected chi connectivity index (χ1v) is 9.57. The summed E-state index contributed by atoms with van der Waals surface area (Å²) >= 11 is 8.10. The molecular weight excluding hydrogens is 358 g/mol. The predicted molar refractivity (Wildman–Crippen MR) is 103 cm³/mol. The summed E-state index contributed by atoms with van der Waals surface area (Å²) in [4.78, 5) is 5.61.